The van der Waals surface area contributed by atoms with Gasteiger partial charge in [-0.2, -0.15) is 0 Å². The van der Waals surface area contributed by atoms with Crippen LogP contribution in [-0.4, -0.2) is 54.1 Å². The largest absolute Gasteiger partial charge is 0.497 e. The number of amides is 1. The standard InChI is InChI=1S/C22H22N4O2/c1-28-20-9-7-18(8-10-20)17-3-5-19(6-4-17)21(27)25-13-15-26(16-14-25)22-23-11-2-12-24-22/h2-12H,13-16H2,1H3. The zero-order chi connectivity index (χ0) is 19.3. The van der Waals surface area contributed by atoms with Gasteiger partial charge < -0.3 is 14.5 Å². The summed E-state index contributed by atoms with van der Waals surface area (Å²) in [6.07, 6.45) is 3.48. The molecule has 1 aliphatic heterocycles. The first-order chi connectivity index (χ1) is 13.7. The molecule has 0 unspecified atom stereocenters. The summed E-state index contributed by atoms with van der Waals surface area (Å²) in [7, 11) is 1.65. The van der Waals surface area contributed by atoms with E-state index in [2.05, 4.69) is 14.9 Å². The quantitative estimate of drug-likeness (QED) is 0.702. The fourth-order valence-corrected chi connectivity index (χ4v) is 3.34. The number of aromatic nitrogens is 2. The van der Waals surface area contributed by atoms with Crippen LogP contribution in [0.1, 0.15) is 10.4 Å². The minimum atomic E-state index is 0.0647. The molecule has 6 nitrogen and oxygen atoms in total. The number of rotatable bonds is 4. The monoisotopic (exact) mass is 374 g/mol. The Morgan fingerprint density at radius 3 is 2.00 bits per heavy atom. The summed E-state index contributed by atoms with van der Waals surface area (Å²) < 4.78 is 5.20. The smallest absolute Gasteiger partial charge is 0.253 e. The van der Waals surface area contributed by atoms with Crippen LogP contribution in [0.25, 0.3) is 11.1 Å². The Bertz CT molecular complexity index is 919. The first-order valence-electron chi connectivity index (χ1n) is 9.30. The maximum Gasteiger partial charge on any atom is 0.253 e. The predicted octanol–water partition coefficient (Wildman–Crippen LogP) is 3.11. The Kier molecular flexibility index (Phi) is 5.19. The van der Waals surface area contributed by atoms with Crippen LogP contribution in [0.5, 0.6) is 5.75 Å². The second-order valence-electron chi connectivity index (χ2n) is 6.63. The van der Waals surface area contributed by atoms with Gasteiger partial charge in [0, 0.05) is 44.1 Å². The van der Waals surface area contributed by atoms with Gasteiger partial charge in [0.2, 0.25) is 5.95 Å². The van der Waals surface area contributed by atoms with E-state index in [4.69, 9.17) is 4.74 Å². The van der Waals surface area contributed by atoms with E-state index in [0.717, 1.165) is 35.9 Å². The van der Waals surface area contributed by atoms with Gasteiger partial charge in [0.1, 0.15) is 5.75 Å². The van der Waals surface area contributed by atoms with Gasteiger partial charge in [0.25, 0.3) is 5.91 Å². The molecule has 3 aromatic rings. The maximum absolute atomic E-state index is 12.8. The fourth-order valence-electron chi connectivity index (χ4n) is 3.34. The number of anilines is 1. The number of hydrogen-bond acceptors (Lipinski definition) is 5. The van der Waals surface area contributed by atoms with Crippen molar-refractivity contribution in [1.29, 1.82) is 0 Å². The zero-order valence-electron chi connectivity index (χ0n) is 15.8. The highest BCUT2D eigenvalue weighted by Gasteiger charge is 2.23. The summed E-state index contributed by atoms with van der Waals surface area (Å²) in [6, 6.07) is 17.5. The van der Waals surface area contributed by atoms with Gasteiger partial charge in [-0.15, -0.1) is 0 Å². The molecule has 0 atom stereocenters. The molecule has 6 heteroatoms. The van der Waals surface area contributed by atoms with Crippen molar-refractivity contribution in [3.05, 3.63) is 72.6 Å². The molecule has 28 heavy (non-hydrogen) atoms. The molecular weight excluding hydrogens is 352 g/mol. The van der Waals surface area contributed by atoms with E-state index in [1.807, 2.05) is 53.4 Å². The van der Waals surface area contributed by atoms with Crippen LogP contribution in [0.4, 0.5) is 5.95 Å². The van der Waals surface area contributed by atoms with Crippen LogP contribution < -0.4 is 9.64 Å². The van der Waals surface area contributed by atoms with Crippen molar-refractivity contribution in [1.82, 2.24) is 14.9 Å². The van der Waals surface area contributed by atoms with E-state index in [0.29, 0.717) is 18.7 Å². The summed E-state index contributed by atoms with van der Waals surface area (Å²) in [6.45, 7) is 2.80. The van der Waals surface area contributed by atoms with Gasteiger partial charge in [-0.1, -0.05) is 24.3 Å². The summed E-state index contributed by atoms with van der Waals surface area (Å²) in [5.74, 6) is 1.61. The van der Waals surface area contributed by atoms with Crippen LogP contribution in [0, 0.1) is 0 Å². The second-order valence-corrected chi connectivity index (χ2v) is 6.63. The molecule has 1 saturated heterocycles. The van der Waals surface area contributed by atoms with E-state index >= 15 is 0 Å². The first-order valence-corrected chi connectivity index (χ1v) is 9.30. The molecule has 0 radical (unpaired) electrons. The maximum atomic E-state index is 12.8. The number of ether oxygens (including phenoxy) is 1. The van der Waals surface area contributed by atoms with E-state index < -0.39 is 0 Å². The highest BCUT2D eigenvalue weighted by atomic mass is 16.5. The van der Waals surface area contributed by atoms with Crippen LogP contribution in [0.2, 0.25) is 0 Å². The Hall–Kier alpha value is -3.41. The van der Waals surface area contributed by atoms with E-state index in [1.165, 1.54) is 0 Å². The Morgan fingerprint density at radius 1 is 0.857 bits per heavy atom. The van der Waals surface area contributed by atoms with Crippen molar-refractivity contribution in [2.45, 2.75) is 0 Å². The topological polar surface area (TPSA) is 58.6 Å². The Balaban J connectivity index is 1.40. The number of carbonyl (C=O) groups is 1. The van der Waals surface area contributed by atoms with E-state index in [1.54, 1.807) is 25.6 Å². The molecule has 2 aromatic carbocycles. The molecule has 1 amide bonds. The van der Waals surface area contributed by atoms with Gasteiger partial charge in [0.15, 0.2) is 0 Å². The molecule has 142 valence electrons. The first kappa shape index (κ1) is 18.0. The van der Waals surface area contributed by atoms with Crippen molar-refractivity contribution in [3.8, 4) is 16.9 Å². The normalized spacial score (nSPS) is 14.0. The third-order valence-corrected chi connectivity index (χ3v) is 4.96. The van der Waals surface area contributed by atoms with Gasteiger partial charge in [-0.05, 0) is 41.5 Å². The predicted molar refractivity (Wildman–Crippen MR) is 109 cm³/mol. The summed E-state index contributed by atoms with van der Waals surface area (Å²) in [4.78, 5) is 25.4. The number of nitrogens with zero attached hydrogens (tertiary/aromatic N) is 4. The Morgan fingerprint density at radius 2 is 1.43 bits per heavy atom. The fraction of sp³-hybridized carbons (Fsp3) is 0.227. The second kappa shape index (κ2) is 8.08. The number of carbonyl (C=O) groups excluding carboxylic acids is 1. The SMILES string of the molecule is COc1ccc(-c2ccc(C(=O)N3CCN(c4ncccn4)CC3)cc2)cc1. The van der Waals surface area contributed by atoms with Gasteiger partial charge in [-0.3, -0.25) is 4.79 Å². The van der Waals surface area contributed by atoms with Crippen LogP contribution >= 0.6 is 0 Å². The molecule has 0 saturated carbocycles. The van der Waals surface area contributed by atoms with E-state index in [9.17, 15) is 4.79 Å². The Labute approximate surface area is 164 Å². The summed E-state index contributed by atoms with van der Waals surface area (Å²) in [5.41, 5.74) is 2.88. The minimum Gasteiger partial charge on any atom is -0.497 e. The molecule has 2 heterocycles. The minimum absolute atomic E-state index is 0.0647. The van der Waals surface area contributed by atoms with Crippen LogP contribution in [0.3, 0.4) is 0 Å². The van der Waals surface area contributed by atoms with Crippen LogP contribution in [0.15, 0.2) is 67.0 Å². The molecule has 0 N–H and O–H groups in total. The van der Waals surface area contributed by atoms with Crippen molar-refractivity contribution in [2.75, 3.05) is 38.2 Å². The number of hydrogen-bond donors (Lipinski definition) is 0. The van der Waals surface area contributed by atoms with Gasteiger partial charge >= 0.3 is 0 Å². The molecular formula is C22H22N4O2. The number of methoxy groups -OCH3 is 1. The molecule has 1 aliphatic rings. The molecule has 0 bridgehead atoms. The zero-order valence-corrected chi connectivity index (χ0v) is 15.8. The van der Waals surface area contributed by atoms with E-state index in [-0.39, 0.29) is 5.91 Å². The van der Waals surface area contributed by atoms with Crippen molar-refractivity contribution in [3.63, 3.8) is 0 Å². The third-order valence-electron chi connectivity index (χ3n) is 4.96. The van der Waals surface area contributed by atoms with Crippen LogP contribution in [-0.2, 0) is 0 Å². The average molecular weight is 374 g/mol. The van der Waals surface area contributed by atoms with Gasteiger partial charge in [-0.25, -0.2) is 9.97 Å². The molecule has 1 aromatic heterocycles. The molecule has 0 spiro atoms. The molecule has 0 aliphatic carbocycles. The van der Waals surface area contributed by atoms with Crippen molar-refractivity contribution >= 4 is 11.9 Å². The lowest BCUT2D eigenvalue weighted by molar-refractivity contribution is 0.0746. The number of piperazine rings is 1. The lowest BCUT2D eigenvalue weighted by Crippen LogP contribution is -2.49. The molecule has 4 rings (SSSR count). The van der Waals surface area contributed by atoms with Crippen molar-refractivity contribution in [2.24, 2.45) is 0 Å². The highest BCUT2D eigenvalue weighted by Crippen LogP contribution is 2.23. The van der Waals surface area contributed by atoms with Crippen molar-refractivity contribution < 1.29 is 9.53 Å². The lowest BCUT2D eigenvalue weighted by Gasteiger charge is -2.34. The molecule has 1 fully saturated rings. The number of benzene rings is 2. The summed E-state index contributed by atoms with van der Waals surface area (Å²) in [5, 5.41) is 0. The average Bonchev–Trinajstić information content (AvgIpc) is 2.79. The highest BCUT2D eigenvalue weighted by molar-refractivity contribution is 5.94. The van der Waals surface area contributed by atoms with Gasteiger partial charge in [0.05, 0.1) is 7.11 Å². The lowest BCUT2D eigenvalue weighted by atomic mass is 10.0. The third kappa shape index (κ3) is 3.81. The summed E-state index contributed by atoms with van der Waals surface area (Å²) >= 11 is 0.